The van der Waals surface area contributed by atoms with Gasteiger partial charge in [-0.05, 0) is 35.1 Å². The van der Waals surface area contributed by atoms with Gasteiger partial charge in [-0.1, -0.05) is 50.0 Å². The Kier molecular flexibility index (Phi) is 4.56. The van der Waals surface area contributed by atoms with Gasteiger partial charge < -0.3 is 4.57 Å². The van der Waals surface area contributed by atoms with Gasteiger partial charge in [-0.15, -0.1) is 0 Å². The zero-order valence-electron chi connectivity index (χ0n) is 11.9. The van der Waals surface area contributed by atoms with Crippen molar-refractivity contribution >= 4 is 29.4 Å². The van der Waals surface area contributed by atoms with E-state index in [-0.39, 0.29) is 5.41 Å². The van der Waals surface area contributed by atoms with Gasteiger partial charge in [0, 0.05) is 28.6 Å². The molecule has 0 saturated carbocycles. The molecule has 0 bridgehead atoms. The molecule has 0 unspecified atom stereocenters. The summed E-state index contributed by atoms with van der Waals surface area (Å²) in [5.74, 6) is 0. The van der Waals surface area contributed by atoms with Crippen LogP contribution in [0.4, 0.5) is 0 Å². The van der Waals surface area contributed by atoms with E-state index in [1.165, 1.54) is 5.57 Å². The Morgan fingerprint density at radius 2 is 2.05 bits per heavy atom. The number of aromatic nitrogens is 2. The van der Waals surface area contributed by atoms with Crippen LogP contribution in [0.2, 0.25) is 10.0 Å². The standard InChI is InChI=1S/C16H18Cl2N2/c1-16(2,3)13(10-20-7-6-19-11-20)8-12-4-5-14(17)9-15(12)18/h4-7,9-11H,8H2,1-3H3. The predicted octanol–water partition coefficient (Wildman–Crippen LogP) is 5.32. The van der Waals surface area contributed by atoms with E-state index in [1.807, 2.05) is 22.9 Å². The summed E-state index contributed by atoms with van der Waals surface area (Å²) in [4.78, 5) is 4.07. The van der Waals surface area contributed by atoms with Gasteiger partial charge in [-0.3, -0.25) is 0 Å². The first-order valence-corrected chi connectivity index (χ1v) is 7.24. The molecule has 0 aliphatic carbocycles. The number of hydrogen-bond acceptors (Lipinski definition) is 1. The second-order valence-corrected chi connectivity index (χ2v) is 6.67. The summed E-state index contributed by atoms with van der Waals surface area (Å²) in [6.45, 7) is 6.58. The summed E-state index contributed by atoms with van der Waals surface area (Å²) in [5.41, 5.74) is 2.41. The van der Waals surface area contributed by atoms with Crippen LogP contribution in [0.1, 0.15) is 26.3 Å². The molecule has 0 aliphatic heterocycles. The molecule has 0 spiro atoms. The third kappa shape index (κ3) is 3.87. The number of imidazole rings is 1. The molecular weight excluding hydrogens is 291 g/mol. The van der Waals surface area contributed by atoms with Gasteiger partial charge in [0.05, 0.1) is 6.33 Å². The number of allylic oxidation sites excluding steroid dienone is 1. The van der Waals surface area contributed by atoms with E-state index in [0.29, 0.717) is 10.0 Å². The van der Waals surface area contributed by atoms with Crippen LogP contribution < -0.4 is 0 Å². The lowest BCUT2D eigenvalue weighted by Gasteiger charge is -2.24. The fourth-order valence-electron chi connectivity index (χ4n) is 1.90. The molecule has 20 heavy (non-hydrogen) atoms. The Balaban J connectivity index is 2.34. The average molecular weight is 309 g/mol. The monoisotopic (exact) mass is 308 g/mol. The quantitative estimate of drug-likeness (QED) is 0.750. The number of rotatable bonds is 3. The second-order valence-electron chi connectivity index (χ2n) is 5.83. The Morgan fingerprint density at radius 1 is 1.30 bits per heavy atom. The van der Waals surface area contributed by atoms with Gasteiger partial charge in [0.25, 0.3) is 0 Å². The van der Waals surface area contributed by atoms with Crippen molar-refractivity contribution in [1.29, 1.82) is 0 Å². The van der Waals surface area contributed by atoms with Crippen molar-refractivity contribution in [2.45, 2.75) is 27.2 Å². The largest absolute Gasteiger partial charge is 0.313 e. The van der Waals surface area contributed by atoms with Crippen LogP contribution in [0.3, 0.4) is 0 Å². The van der Waals surface area contributed by atoms with Crippen molar-refractivity contribution < 1.29 is 0 Å². The Morgan fingerprint density at radius 3 is 2.60 bits per heavy atom. The molecule has 0 aliphatic rings. The van der Waals surface area contributed by atoms with Crippen LogP contribution in [0.15, 0.2) is 42.5 Å². The van der Waals surface area contributed by atoms with Crippen molar-refractivity contribution in [1.82, 2.24) is 9.55 Å². The first-order valence-electron chi connectivity index (χ1n) is 6.49. The van der Waals surface area contributed by atoms with Gasteiger partial charge in [0.1, 0.15) is 0 Å². The zero-order chi connectivity index (χ0) is 14.8. The van der Waals surface area contributed by atoms with E-state index in [0.717, 1.165) is 12.0 Å². The zero-order valence-corrected chi connectivity index (χ0v) is 13.4. The molecule has 0 amide bonds. The van der Waals surface area contributed by atoms with E-state index in [9.17, 15) is 0 Å². The summed E-state index contributed by atoms with van der Waals surface area (Å²) < 4.78 is 1.96. The van der Waals surface area contributed by atoms with Gasteiger partial charge in [-0.2, -0.15) is 0 Å². The first-order chi connectivity index (χ1) is 9.36. The fourth-order valence-corrected chi connectivity index (χ4v) is 2.38. The molecule has 1 aromatic carbocycles. The van der Waals surface area contributed by atoms with Crippen molar-refractivity contribution in [3.05, 3.63) is 58.1 Å². The number of nitrogens with zero attached hydrogens (tertiary/aromatic N) is 2. The van der Waals surface area contributed by atoms with Gasteiger partial charge >= 0.3 is 0 Å². The highest BCUT2D eigenvalue weighted by Gasteiger charge is 2.18. The lowest BCUT2D eigenvalue weighted by Crippen LogP contribution is -2.13. The van der Waals surface area contributed by atoms with Crippen LogP contribution >= 0.6 is 23.2 Å². The van der Waals surface area contributed by atoms with Crippen LogP contribution in [0, 0.1) is 5.41 Å². The van der Waals surface area contributed by atoms with Crippen molar-refractivity contribution in [2.24, 2.45) is 5.41 Å². The van der Waals surface area contributed by atoms with E-state index in [4.69, 9.17) is 23.2 Å². The van der Waals surface area contributed by atoms with Crippen LogP contribution in [-0.4, -0.2) is 9.55 Å². The SMILES string of the molecule is CC(C)(C)C(=Cn1ccnc1)Cc1ccc(Cl)cc1Cl. The Labute approximate surface area is 130 Å². The maximum atomic E-state index is 6.27. The third-order valence-corrected chi connectivity index (χ3v) is 3.78. The summed E-state index contributed by atoms with van der Waals surface area (Å²) in [6.07, 6.45) is 8.38. The van der Waals surface area contributed by atoms with Crippen LogP contribution in [0.25, 0.3) is 6.20 Å². The third-order valence-electron chi connectivity index (χ3n) is 3.19. The lowest BCUT2D eigenvalue weighted by molar-refractivity contribution is 0.493. The predicted molar refractivity (Wildman–Crippen MR) is 86.1 cm³/mol. The Hall–Kier alpha value is -1.25. The molecule has 2 rings (SSSR count). The molecule has 1 heterocycles. The highest BCUT2D eigenvalue weighted by Crippen LogP contribution is 2.32. The topological polar surface area (TPSA) is 17.8 Å². The fraction of sp³-hybridized carbons (Fsp3) is 0.312. The summed E-state index contributed by atoms with van der Waals surface area (Å²) >= 11 is 12.2. The minimum absolute atomic E-state index is 0.0488. The summed E-state index contributed by atoms with van der Waals surface area (Å²) in [7, 11) is 0. The molecule has 0 atom stereocenters. The molecule has 4 heteroatoms. The summed E-state index contributed by atoms with van der Waals surface area (Å²) in [5, 5.41) is 1.37. The number of benzene rings is 1. The van der Waals surface area contributed by atoms with Crippen molar-refractivity contribution in [2.75, 3.05) is 0 Å². The number of hydrogen-bond donors (Lipinski definition) is 0. The van der Waals surface area contributed by atoms with Gasteiger partial charge in [0.15, 0.2) is 0 Å². The highest BCUT2D eigenvalue weighted by molar-refractivity contribution is 6.35. The van der Waals surface area contributed by atoms with E-state index >= 15 is 0 Å². The minimum atomic E-state index is 0.0488. The van der Waals surface area contributed by atoms with E-state index in [1.54, 1.807) is 18.6 Å². The van der Waals surface area contributed by atoms with Gasteiger partial charge in [0.2, 0.25) is 0 Å². The molecule has 0 N–H and O–H groups in total. The lowest BCUT2D eigenvalue weighted by atomic mass is 9.83. The first kappa shape index (κ1) is 15.1. The van der Waals surface area contributed by atoms with Crippen molar-refractivity contribution in [3.63, 3.8) is 0 Å². The number of halogens is 2. The molecule has 2 nitrogen and oxygen atoms in total. The highest BCUT2D eigenvalue weighted by atomic mass is 35.5. The van der Waals surface area contributed by atoms with E-state index in [2.05, 4.69) is 32.0 Å². The van der Waals surface area contributed by atoms with Crippen LogP contribution in [-0.2, 0) is 6.42 Å². The van der Waals surface area contributed by atoms with E-state index < -0.39 is 0 Å². The minimum Gasteiger partial charge on any atom is -0.313 e. The maximum absolute atomic E-state index is 6.27. The van der Waals surface area contributed by atoms with Gasteiger partial charge in [-0.25, -0.2) is 4.98 Å². The smallest absolute Gasteiger partial charge is 0.0986 e. The van der Waals surface area contributed by atoms with Crippen molar-refractivity contribution in [3.8, 4) is 0 Å². The maximum Gasteiger partial charge on any atom is 0.0986 e. The second kappa shape index (κ2) is 6.02. The summed E-state index contributed by atoms with van der Waals surface area (Å²) in [6, 6.07) is 5.65. The average Bonchev–Trinajstić information content (AvgIpc) is 2.83. The molecular formula is C16H18Cl2N2. The normalized spacial score (nSPS) is 12.8. The molecule has 106 valence electrons. The molecule has 0 radical (unpaired) electrons. The molecule has 0 saturated heterocycles. The Bertz CT molecular complexity index is 608. The van der Waals surface area contributed by atoms with Crippen LogP contribution in [0.5, 0.6) is 0 Å². The molecule has 1 aromatic heterocycles. The molecule has 0 fully saturated rings. The molecule has 2 aromatic rings.